The molecule has 2 rings (SSSR count). The van der Waals surface area contributed by atoms with Crippen LogP contribution in [0.25, 0.3) is 0 Å². The highest BCUT2D eigenvalue weighted by Crippen LogP contribution is 2.34. The molecule has 0 fully saturated rings. The summed E-state index contributed by atoms with van der Waals surface area (Å²) in [6.07, 6.45) is 1.76. The third kappa shape index (κ3) is 4.71. The molecule has 0 aliphatic heterocycles. The number of thiophene rings is 1. The third-order valence-electron chi connectivity index (χ3n) is 3.90. The van der Waals surface area contributed by atoms with Gasteiger partial charge in [0.15, 0.2) is 0 Å². The van der Waals surface area contributed by atoms with E-state index in [2.05, 4.69) is 10.6 Å². The molecule has 1 aromatic carbocycles. The van der Waals surface area contributed by atoms with Gasteiger partial charge in [0.2, 0.25) is 0 Å². The maximum Gasteiger partial charge on any atom is 0.341 e. The number of ether oxygens (including phenoxy) is 1. The zero-order valence-electron chi connectivity index (χ0n) is 15.3. The van der Waals surface area contributed by atoms with Crippen LogP contribution in [0.5, 0.6) is 0 Å². The van der Waals surface area contributed by atoms with Crippen molar-refractivity contribution in [3.8, 4) is 0 Å². The average Bonchev–Trinajstić information content (AvgIpc) is 2.97. The van der Waals surface area contributed by atoms with E-state index in [1.54, 1.807) is 6.92 Å². The Kier molecular flexibility index (Phi) is 7.06. The summed E-state index contributed by atoms with van der Waals surface area (Å²) < 4.78 is 18.6. The van der Waals surface area contributed by atoms with Crippen molar-refractivity contribution in [3.63, 3.8) is 0 Å². The summed E-state index contributed by atoms with van der Waals surface area (Å²) >= 11 is 0.958. The average molecular weight is 392 g/mol. The van der Waals surface area contributed by atoms with Gasteiger partial charge in [-0.15, -0.1) is 11.3 Å². The minimum Gasteiger partial charge on any atom is -0.465 e. The van der Waals surface area contributed by atoms with Gasteiger partial charge in [-0.1, -0.05) is 25.5 Å². The molecule has 8 heteroatoms. The number of rotatable bonds is 7. The summed E-state index contributed by atoms with van der Waals surface area (Å²) in [5, 5.41) is 5.45. The predicted octanol–water partition coefficient (Wildman–Crippen LogP) is 3.76. The van der Waals surface area contributed by atoms with E-state index in [-0.39, 0.29) is 22.0 Å². The van der Waals surface area contributed by atoms with Crippen LogP contribution < -0.4 is 10.6 Å². The number of esters is 1. The number of benzene rings is 1. The molecule has 0 aliphatic carbocycles. The van der Waals surface area contributed by atoms with Gasteiger partial charge in [-0.2, -0.15) is 0 Å². The van der Waals surface area contributed by atoms with E-state index < -0.39 is 17.7 Å². The van der Waals surface area contributed by atoms with E-state index in [4.69, 9.17) is 4.74 Å². The highest BCUT2D eigenvalue weighted by Gasteiger charge is 2.26. The van der Waals surface area contributed by atoms with Gasteiger partial charge in [0.25, 0.3) is 11.8 Å². The standard InChI is InChI=1S/C19H21FN2O4S/c1-4-5-10-21-17(24)15-11(2)14(19(25)26-3)18(27-15)22-16(23)12-8-6-7-9-13(12)20/h6-9H,4-5,10H2,1-3H3,(H,21,24)(H,22,23). The van der Waals surface area contributed by atoms with Gasteiger partial charge < -0.3 is 15.4 Å². The zero-order chi connectivity index (χ0) is 20.0. The highest BCUT2D eigenvalue weighted by molar-refractivity contribution is 7.18. The van der Waals surface area contributed by atoms with Gasteiger partial charge in [0.05, 0.1) is 23.1 Å². The number of hydrogen-bond donors (Lipinski definition) is 2. The largest absolute Gasteiger partial charge is 0.465 e. The molecule has 0 spiro atoms. The van der Waals surface area contributed by atoms with Crippen LogP contribution in [0.3, 0.4) is 0 Å². The fourth-order valence-corrected chi connectivity index (χ4v) is 3.55. The number of carbonyl (C=O) groups excluding carboxylic acids is 3. The molecule has 144 valence electrons. The van der Waals surface area contributed by atoms with Crippen LogP contribution in [0.4, 0.5) is 9.39 Å². The summed E-state index contributed by atoms with van der Waals surface area (Å²) in [6, 6.07) is 5.51. The van der Waals surface area contributed by atoms with Crippen LogP contribution in [0.1, 0.15) is 55.7 Å². The van der Waals surface area contributed by atoms with E-state index in [0.717, 1.165) is 24.2 Å². The molecule has 0 radical (unpaired) electrons. The molecule has 1 aromatic heterocycles. The summed E-state index contributed by atoms with van der Waals surface area (Å²) in [7, 11) is 1.21. The van der Waals surface area contributed by atoms with Crippen molar-refractivity contribution in [1.82, 2.24) is 5.32 Å². The SMILES string of the molecule is CCCCNC(=O)c1sc(NC(=O)c2ccccc2F)c(C(=O)OC)c1C. The monoisotopic (exact) mass is 392 g/mol. The van der Waals surface area contributed by atoms with Crippen molar-refractivity contribution < 1.29 is 23.5 Å². The Bertz CT molecular complexity index is 863. The Morgan fingerprint density at radius 3 is 2.52 bits per heavy atom. The molecule has 2 amide bonds. The third-order valence-corrected chi connectivity index (χ3v) is 5.11. The van der Waals surface area contributed by atoms with E-state index in [0.29, 0.717) is 17.0 Å². The number of nitrogens with one attached hydrogen (secondary N) is 2. The van der Waals surface area contributed by atoms with Crippen LogP contribution in [0.15, 0.2) is 24.3 Å². The molecule has 0 saturated carbocycles. The van der Waals surface area contributed by atoms with Gasteiger partial charge in [-0.3, -0.25) is 9.59 Å². The number of carbonyl (C=O) groups is 3. The lowest BCUT2D eigenvalue weighted by Gasteiger charge is -2.06. The number of methoxy groups -OCH3 is 1. The van der Waals surface area contributed by atoms with E-state index >= 15 is 0 Å². The first-order valence-electron chi connectivity index (χ1n) is 8.46. The molecule has 0 unspecified atom stereocenters. The van der Waals surface area contributed by atoms with Crippen LogP contribution in [-0.2, 0) is 4.74 Å². The lowest BCUT2D eigenvalue weighted by Crippen LogP contribution is -2.24. The second-order valence-electron chi connectivity index (χ2n) is 5.80. The Balaban J connectivity index is 2.35. The summed E-state index contributed by atoms with van der Waals surface area (Å²) in [5.41, 5.74) is 0.339. The van der Waals surface area contributed by atoms with Gasteiger partial charge in [0.1, 0.15) is 10.8 Å². The number of hydrogen-bond acceptors (Lipinski definition) is 5. The van der Waals surface area contributed by atoms with Crippen molar-refractivity contribution in [2.75, 3.05) is 19.0 Å². The van der Waals surface area contributed by atoms with Crippen molar-refractivity contribution in [2.24, 2.45) is 0 Å². The number of amides is 2. The summed E-state index contributed by atoms with van der Waals surface area (Å²) in [6.45, 7) is 4.13. The lowest BCUT2D eigenvalue weighted by molar-refractivity contribution is 0.0601. The Morgan fingerprint density at radius 2 is 1.89 bits per heavy atom. The zero-order valence-corrected chi connectivity index (χ0v) is 16.2. The number of anilines is 1. The van der Waals surface area contributed by atoms with Crippen molar-refractivity contribution in [3.05, 3.63) is 51.7 Å². The molecule has 1 heterocycles. The molecule has 6 nitrogen and oxygen atoms in total. The van der Waals surface area contributed by atoms with Crippen molar-refractivity contribution >= 4 is 34.1 Å². The molecule has 0 aliphatic rings. The highest BCUT2D eigenvalue weighted by atomic mass is 32.1. The minimum atomic E-state index is -0.711. The Hall–Kier alpha value is -2.74. The first-order valence-corrected chi connectivity index (χ1v) is 9.28. The van der Waals surface area contributed by atoms with Crippen LogP contribution in [0, 0.1) is 12.7 Å². The van der Waals surface area contributed by atoms with Crippen LogP contribution in [-0.4, -0.2) is 31.4 Å². The minimum absolute atomic E-state index is 0.0906. The molecule has 2 N–H and O–H groups in total. The van der Waals surface area contributed by atoms with Gasteiger partial charge in [-0.05, 0) is 31.0 Å². The number of halogens is 1. The first-order chi connectivity index (χ1) is 12.9. The van der Waals surface area contributed by atoms with Crippen LogP contribution in [0.2, 0.25) is 0 Å². The first kappa shape index (κ1) is 20.6. The van der Waals surface area contributed by atoms with Crippen molar-refractivity contribution in [2.45, 2.75) is 26.7 Å². The number of unbranched alkanes of at least 4 members (excludes halogenated alkanes) is 1. The lowest BCUT2D eigenvalue weighted by atomic mass is 10.1. The summed E-state index contributed by atoms with van der Waals surface area (Å²) in [4.78, 5) is 37.3. The summed E-state index contributed by atoms with van der Waals surface area (Å²) in [5.74, 6) is -2.40. The van der Waals surface area contributed by atoms with Gasteiger partial charge in [0, 0.05) is 6.54 Å². The smallest absolute Gasteiger partial charge is 0.341 e. The molecule has 2 aromatic rings. The van der Waals surface area contributed by atoms with Gasteiger partial charge >= 0.3 is 5.97 Å². The maximum absolute atomic E-state index is 13.8. The molecule has 0 saturated heterocycles. The van der Waals surface area contributed by atoms with E-state index in [9.17, 15) is 18.8 Å². The molecular weight excluding hydrogens is 371 g/mol. The fourth-order valence-electron chi connectivity index (χ4n) is 2.44. The fraction of sp³-hybridized carbons (Fsp3) is 0.316. The van der Waals surface area contributed by atoms with Crippen LogP contribution >= 0.6 is 11.3 Å². The molecular formula is C19H21FN2O4S. The van der Waals surface area contributed by atoms with Gasteiger partial charge in [-0.25, -0.2) is 9.18 Å². The molecule has 0 bridgehead atoms. The second-order valence-corrected chi connectivity index (χ2v) is 6.82. The topological polar surface area (TPSA) is 84.5 Å². The second kappa shape index (κ2) is 9.27. The Morgan fingerprint density at radius 1 is 1.19 bits per heavy atom. The maximum atomic E-state index is 13.8. The Labute approximate surface area is 160 Å². The van der Waals surface area contributed by atoms with E-state index in [1.165, 1.54) is 31.4 Å². The normalized spacial score (nSPS) is 10.4. The quantitative estimate of drug-likeness (QED) is 0.555. The molecule has 0 atom stereocenters. The van der Waals surface area contributed by atoms with E-state index in [1.807, 2.05) is 6.92 Å². The molecule has 27 heavy (non-hydrogen) atoms. The van der Waals surface area contributed by atoms with Crippen molar-refractivity contribution in [1.29, 1.82) is 0 Å². The predicted molar refractivity (Wildman–Crippen MR) is 102 cm³/mol.